The molecule has 0 saturated heterocycles. The standard InChI is InChI=1S/C54H34N4/c55-35-36-13-11-20-44(33-36)53-56-52(41-28-25-39(26-29-41)37-14-3-1-4-15-37)57-54(58-53)50-32-31-48(46-21-9-10-22-47(46)50)49-24-12-23-45(40-17-5-2-6-18-40)51(49)43-30-27-38-16-7-8-19-42(38)34-43/h1-34H. The highest BCUT2D eigenvalue weighted by molar-refractivity contribution is 6.08. The summed E-state index contributed by atoms with van der Waals surface area (Å²) in [6.45, 7) is 0. The summed E-state index contributed by atoms with van der Waals surface area (Å²) in [4.78, 5) is 15.3. The van der Waals surface area contributed by atoms with Crippen LogP contribution in [0, 0.1) is 11.3 Å². The van der Waals surface area contributed by atoms with E-state index in [2.05, 4.69) is 170 Å². The van der Waals surface area contributed by atoms with Gasteiger partial charge in [-0.25, -0.2) is 15.0 Å². The van der Waals surface area contributed by atoms with Crippen molar-refractivity contribution in [2.24, 2.45) is 0 Å². The van der Waals surface area contributed by atoms with Crippen molar-refractivity contribution in [2.45, 2.75) is 0 Å². The van der Waals surface area contributed by atoms with Gasteiger partial charge < -0.3 is 0 Å². The van der Waals surface area contributed by atoms with Crippen LogP contribution in [0.25, 0.3) is 100 Å². The molecule has 58 heavy (non-hydrogen) atoms. The summed E-state index contributed by atoms with van der Waals surface area (Å²) in [5, 5.41) is 14.3. The molecule has 4 nitrogen and oxygen atoms in total. The molecule has 10 rings (SSSR count). The predicted octanol–water partition coefficient (Wildman–Crippen LogP) is 13.7. The number of nitrogens with zero attached hydrogens (tertiary/aromatic N) is 4. The van der Waals surface area contributed by atoms with Crippen molar-refractivity contribution in [2.75, 3.05) is 0 Å². The fourth-order valence-electron chi connectivity index (χ4n) is 7.94. The van der Waals surface area contributed by atoms with Crippen LogP contribution in [0.3, 0.4) is 0 Å². The first-order valence-electron chi connectivity index (χ1n) is 19.3. The van der Waals surface area contributed by atoms with Gasteiger partial charge in [0, 0.05) is 16.7 Å². The Hall–Kier alpha value is -8.00. The van der Waals surface area contributed by atoms with Gasteiger partial charge >= 0.3 is 0 Å². The molecule has 4 heteroatoms. The number of aromatic nitrogens is 3. The number of rotatable bonds is 7. The maximum Gasteiger partial charge on any atom is 0.164 e. The van der Waals surface area contributed by atoms with E-state index < -0.39 is 0 Å². The summed E-state index contributed by atoms with van der Waals surface area (Å²) < 4.78 is 0. The van der Waals surface area contributed by atoms with E-state index in [-0.39, 0.29) is 0 Å². The Balaban J connectivity index is 1.17. The molecular formula is C54H34N4. The topological polar surface area (TPSA) is 62.5 Å². The molecule has 1 heterocycles. The number of hydrogen-bond donors (Lipinski definition) is 0. The highest BCUT2D eigenvalue weighted by atomic mass is 15.0. The second-order valence-electron chi connectivity index (χ2n) is 14.3. The van der Waals surface area contributed by atoms with Crippen molar-refractivity contribution in [3.63, 3.8) is 0 Å². The van der Waals surface area contributed by atoms with Crippen molar-refractivity contribution < 1.29 is 0 Å². The second kappa shape index (κ2) is 14.9. The molecule has 0 bridgehead atoms. The van der Waals surface area contributed by atoms with Gasteiger partial charge in [0.1, 0.15) is 0 Å². The predicted molar refractivity (Wildman–Crippen MR) is 238 cm³/mol. The van der Waals surface area contributed by atoms with Crippen LogP contribution in [0.1, 0.15) is 5.56 Å². The quantitative estimate of drug-likeness (QED) is 0.163. The zero-order valence-electron chi connectivity index (χ0n) is 31.4. The highest BCUT2D eigenvalue weighted by Gasteiger charge is 2.20. The number of fused-ring (bicyclic) bond motifs is 2. The molecule has 0 unspecified atom stereocenters. The molecule has 0 spiro atoms. The lowest BCUT2D eigenvalue weighted by Crippen LogP contribution is -2.01. The normalized spacial score (nSPS) is 11.1. The van der Waals surface area contributed by atoms with Crippen LogP contribution >= 0.6 is 0 Å². The van der Waals surface area contributed by atoms with E-state index >= 15 is 0 Å². The minimum atomic E-state index is 0.506. The van der Waals surface area contributed by atoms with Crippen LogP contribution < -0.4 is 0 Å². The van der Waals surface area contributed by atoms with E-state index in [9.17, 15) is 5.26 Å². The number of benzene rings is 9. The fourth-order valence-corrected chi connectivity index (χ4v) is 7.94. The van der Waals surface area contributed by atoms with Crippen LogP contribution in [-0.2, 0) is 0 Å². The molecule has 0 amide bonds. The third-order valence-electron chi connectivity index (χ3n) is 10.8. The molecular weight excluding hydrogens is 705 g/mol. The fraction of sp³-hybridized carbons (Fsp3) is 0. The largest absolute Gasteiger partial charge is 0.208 e. The Labute approximate surface area is 337 Å². The van der Waals surface area contributed by atoms with Gasteiger partial charge in [-0.1, -0.05) is 182 Å². The van der Waals surface area contributed by atoms with Gasteiger partial charge in [-0.2, -0.15) is 5.26 Å². The Bertz CT molecular complexity index is 3170. The average Bonchev–Trinajstić information content (AvgIpc) is 3.31. The van der Waals surface area contributed by atoms with Gasteiger partial charge in [0.2, 0.25) is 0 Å². The van der Waals surface area contributed by atoms with Crippen LogP contribution in [0.5, 0.6) is 0 Å². The molecule has 9 aromatic carbocycles. The van der Waals surface area contributed by atoms with Crippen LogP contribution in [0.4, 0.5) is 0 Å². The Morgan fingerprint density at radius 3 is 1.60 bits per heavy atom. The molecule has 0 fully saturated rings. The van der Waals surface area contributed by atoms with E-state index in [0.717, 1.165) is 60.8 Å². The van der Waals surface area contributed by atoms with E-state index in [1.165, 1.54) is 21.9 Å². The number of nitriles is 1. The monoisotopic (exact) mass is 738 g/mol. The minimum Gasteiger partial charge on any atom is -0.208 e. The molecule has 1 aromatic heterocycles. The van der Waals surface area contributed by atoms with Gasteiger partial charge in [0.25, 0.3) is 0 Å². The van der Waals surface area contributed by atoms with E-state index in [0.29, 0.717) is 23.0 Å². The summed E-state index contributed by atoms with van der Waals surface area (Å²) in [5.41, 5.74) is 12.3. The second-order valence-corrected chi connectivity index (χ2v) is 14.3. The van der Waals surface area contributed by atoms with Gasteiger partial charge in [0.15, 0.2) is 17.5 Å². The first-order chi connectivity index (χ1) is 28.7. The lowest BCUT2D eigenvalue weighted by molar-refractivity contribution is 1.08. The number of hydrogen-bond acceptors (Lipinski definition) is 4. The maximum absolute atomic E-state index is 9.75. The zero-order valence-corrected chi connectivity index (χ0v) is 31.4. The van der Waals surface area contributed by atoms with Crippen molar-refractivity contribution >= 4 is 21.5 Å². The molecule has 270 valence electrons. The van der Waals surface area contributed by atoms with Crippen molar-refractivity contribution in [1.82, 2.24) is 15.0 Å². The summed E-state index contributed by atoms with van der Waals surface area (Å²) in [7, 11) is 0. The lowest BCUT2D eigenvalue weighted by Gasteiger charge is -2.19. The van der Waals surface area contributed by atoms with Gasteiger partial charge in [0.05, 0.1) is 11.6 Å². The Kier molecular flexibility index (Phi) is 8.87. The summed E-state index contributed by atoms with van der Waals surface area (Å²) in [5.74, 6) is 1.63. The molecule has 0 atom stereocenters. The summed E-state index contributed by atoms with van der Waals surface area (Å²) in [6.07, 6.45) is 0. The Morgan fingerprint density at radius 1 is 0.310 bits per heavy atom. The minimum absolute atomic E-state index is 0.506. The van der Waals surface area contributed by atoms with E-state index in [1.807, 2.05) is 36.4 Å². The Morgan fingerprint density at radius 2 is 0.845 bits per heavy atom. The molecule has 0 aliphatic carbocycles. The van der Waals surface area contributed by atoms with Crippen LogP contribution in [0.2, 0.25) is 0 Å². The third kappa shape index (κ3) is 6.47. The molecule has 0 aliphatic rings. The molecule has 0 saturated carbocycles. The molecule has 0 N–H and O–H groups in total. The highest BCUT2D eigenvalue weighted by Crippen LogP contribution is 2.44. The van der Waals surface area contributed by atoms with Gasteiger partial charge in [-0.15, -0.1) is 0 Å². The molecule has 0 aliphatic heterocycles. The first kappa shape index (κ1) is 34.5. The first-order valence-corrected chi connectivity index (χ1v) is 19.3. The van der Waals surface area contributed by atoms with E-state index in [4.69, 9.17) is 15.0 Å². The third-order valence-corrected chi connectivity index (χ3v) is 10.8. The summed E-state index contributed by atoms with van der Waals surface area (Å²) in [6, 6.07) is 73.7. The van der Waals surface area contributed by atoms with Crippen LogP contribution in [-0.4, -0.2) is 15.0 Å². The summed E-state index contributed by atoms with van der Waals surface area (Å²) >= 11 is 0. The molecule has 10 aromatic rings. The SMILES string of the molecule is N#Cc1cccc(-c2nc(-c3ccc(-c4ccccc4)cc3)nc(-c3ccc(-c4cccc(-c5ccccc5)c4-c4ccc5ccccc5c4)c4ccccc34)n2)c1. The van der Waals surface area contributed by atoms with Gasteiger partial charge in [-0.05, 0) is 90.3 Å². The van der Waals surface area contributed by atoms with Crippen molar-refractivity contribution in [1.29, 1.82) is 5.26 Å². The molecule has 0 radical (unpaired) electrons. The van der Waals surface area contributed by atoms with E-state index in [1.54, 1.807) is 6.07 Å². The zero-order chi connectivity index (χ0) is 38.8. The lowest BCUT2D eigenvalue weighted by atomic mass is 9.85. The average molecular weight is 739 g/mol. The maximum atomic E-state index is 9.75. The van der Waals surface area contributed by atoms with Gasteiger partial charge in [-0.3, -0.25) is 0 Å². The van der Waals surface area contributed by atoms with Crippen LogP contribution in [0.15, 0.2) is 206 Å². The van der Waals surface area contributed by atoms with Crippen molar-refractivity contribution in [3.05, 3.63) is 212 Å². The van der Waals surface area contributed by atoms with Crippen molar-refractivity contribution in [3.8, 4) is 84.7 Å². The smallest absolute Gasteiger partial charge is 0.164 e.